The molecule has 1 aliphatic rings. The van der Waals surface area contributed by atoms with Gasteiger partial charge in [0.05, 0.1) is 38.6 Å². The summed E-state index contributed by atoms with van der Waals surface area (Å²) < 4.78 is 21.5. The highest BCUT2D eigenvalue weighted by Gasteiger charge is 2.17. The number of benzene rings is 2. The van der Waals surface area contributed by atoms with Crippen molar-refractivity contribution < 1.29 is 28.5 Å². The van der Waals surface area contributed by atoms with Gasteiger partial charge < -0.3 is 23.8 Å². The van der Waals surface area contributed by atoms with Gasteiger partial charge in [-0.25, -0.2) is 4.79 Å². The first kappa shape index (κ1) is 21.0. The molecule has 0 radical (unpaired) electrons. The SMILES string of the molecule is C=C1COCCOCCN(C(=O)c2ccc3ccccc3c2)COCCOC1=O. The normalized spacial score (nSPS) is 18.0. The van der Waals surface area contributed by atoms with Gasteiger partial charge in [0.15, 0.2) is 0 Å². The number of fused-ring (bicyclic) bond motifs is 1. The molecule has 7 heteroatoms. The molecule has 7 nitrogen and oxygen atoms in total. The quantitative estimate of drug-likeness (QED) is 0.542. The van der Waals surface area contributed by atoms with Crippen molar-refractivity contribution >= 4 is 22.6 Å². The molecule has 0 unspecified atom stereocenters. The molecular weight excluding hydrogens is 374 g/mol. The Bertz CT molecular complexity index is 865. The Hall–Kier alpha value is -2.74. The summed E-state index contributed by atoms with van der Waals surface area (Å²) in [6, 6.07) is 13.5. The van der Waals surface area contributed by atoms with Gasteiger partial charge in [0.1, 0.15) is 13.3 Å². The van der Waals surface area contributed by atoms with Gasteiger partial charge in [-0.2, -0.15) is 0 Å². The number of ether oxygens (including phenoxy) is 4. The van der Waals surface area contributed by atoms with Crippen LogP contribution >= 0.6 is 0 Å². The van der Waals surface area contributed by atoms with E-state index in [0.29, 0.717) is 31.9 Å². The maximum atomic E-state index is 13.0. The zero-order chi connectivity index (χ0) is 20.5. The van der Waals surface area contributed by atoms with Crippen molar-refractivity contribution in [2.75, 3.05) is 52.9 Å². The molecule has 1 amide bonds. The van der Waals surface area contributed by atoms with Crippen molar-refractivity contribution in [1.29, 1.82) is 0 Å². The Labute approximate surface area is 169 Å². The average Bonchev–Trinajstić information content (AvgIpc) is 2.75. The minimum absolute atomic E-state index is 0.0734. The minimum atomic E-state index is -0.520. The van der Waals surface area contributed by atoms with Gasteiger partial charge in [-0.05, 0) is 22.9 Å². The molecule has 154 valence electrons. The van der Waals surface area contributed by atoms with Crippen molar-refractivity contribution in [3.05, 3.63) is 60.2 Å². The first-order chi connectivity index (χ1) is 14.1. The molecule has 1 aliphatic heterocycles. The molecule has 0 aromatic heterocycles. The first-order valence-electron chi connectivity index (χ1n) is 9.51. The second kappa shape index (κ2) is 10.7. The third kappa shape index (κ3) is 6.12. The highest BCUT2D eigenvalue weighted by molar-refractivity contribution is 5.98. The number of hydrogen-bond acceptors (Lipinski definition) is 6. The molecule has 0 aliphatic carbocycles. The fraction of sp³-hybridized carbons (Fsp3) is 0.364. The summed E-state index contributed by atoms with van der Waals surface area (Å²) in [6.45, 7) is 5.44. The van der Waals surface area contributed by atoms with Crippen molar-refractivity contribution in [3.8, 4) is 0 Å². The van der Waals surface area contributed by atoms with E-state index in [1.807, 2.05) is 42.5 Å². The van der Waals surface area contributed by atoms with Crippen LogP contribution in [0.25, 0.3) is 10.8 Å². The van der Waals surface area contributed by atoms with Crippen molar-refractivity contribution in [2.24, 2.45) is 0 Å². The van der Waals surface area contributed by atoms with Gasteiger partial charge in [0.25, 0.3) is 5.91 Å². The van der Waals surface area contributed by atoms with E-state index in [9.17, 15) is 9.59 Å². The first-order valence-corrected chi connectivity index (χ1v) is 9.51. The van der Waals surface area contributed by atoms with Crippen LogP contribution in [0.15, 0.2) is 54.6 Å². The van der Waals surface area contributed by atoms with E-state index in [1.165, 1.54) is 0 Å². The lowest BCUT2D eigenvalue weighted by Crippen LogP contribution is -2.36. The lowest BCUT2D eigenvalue weighted by molar-refractivity contribution is -0.141. The molecule has 0 spiro atoms. The summed E-state index contributed by atoms with van der Waals surface area (Å²) in [6.07, 6.45) is 0. The fourth-order valence-electron chi connectivity index (χ4n) is 2.85. The summed E-state index contributed by atoms with van der Waals surface area (Å²) in [4.78, 5) is 26.3. The highest BCUT2D eigenvalue weighted by atomic mass is 16.6. The monoisotopic (exact) mass is 399 g/mol. The number of esters is 1. The summed E-state index contributed by atoms with van der Waals surface area (Å²) in [5.41, 5.74) is 0.823. The third-order valence-electron chi connectivity index (χ3n) is 4.43. The largest absolute Gasteiger partial charge is 0.460 e. The van der Waals surface area contributed by atoms with E-state index in [0.717, 1.165) is 10.8 Å². The van der Waals surface area contributed by atoms with Gasteiger partial charge in [-0.1, -0.05) is 36.9 Å². The fourth-order valence-corrected chi connectivity index (χ4v) is 2.85. The molecule has 1 saturated heterocycles. The Kier molecular flexibility index (Phi) is 7.75. The lowest BCUT2D eigenvalue weighted by Gasteiger charge is -2.23. The Balaban J connectivity index is 1.65. The maximum absolute atomic E-state index is 13.0. The summed E-state index contributed by atoms with van der Waals surface area (Å²) in [5.74, 6) is -0.668. The number of cyclic esters (lactones) is 1. The molecule has 0 N–H and O–H groups in total. The van der Waals surface area contributed by atoms with Crippen LogP contribution in [0.3, 0.4) is 0 Å². The average molecular weight is 399 g/mol. The molecule has 1 heterocycles. The van der Waals surface area contributed by atoms with Gasteiger partial charge in [0, 0.05) is 12.1 Å². The van der Waals surface area contributed by atoms with Crippen LogP contribution in [0.2, 0.25) is 0 Å². The molecule has 0 saturated carbocycles. The number of rotatable bonds is 1. The van der Waals surface area contributed by atoms with Crippen molar-refractivity contribution in [1.82, 2.24) is 4.90 Å². The van der Waals surface area contributed by atoms with E-state index < -0.39 is 5.97 Å². The molecule has 29 heavy (non-hydrogen) atoms. The molecule has 2 aromatic rings. The molecule has 0 bridgehead atoms. The molecule has 1 fully saturated rings. The Morgan fingerprint density at radius 3 is 2.52 bits per heavy atom. The van der Waals surface area contributed by atoms with E-state index in [1.54, 1.807) is 4.90 Å². The maximum Gasteiger partial charge on any atom is 0.335 e. The number of carbonyl (C=O) groups is 2. The number of carbonyl (C=O) groups excluding carboxylic acids is 2. The van der Waals surface area contributed by atoms with Gasteiger partial charge >= 0.3 is 5.97 Å². The standard InChI is InChI=1S/C22H25NO6/c1-17-15-27-11-10-26-9-8-23(16-28-12-13-29-22(17)25)21(24)20-7-6-18-4-2-3-5-19(18)14-20/h2-7,14H,1,8-13,15-16H2. The predicted molar refractivity (Wildman–Crippen MR) is 108 cm³/mol. The van der Waals surface area contributed by atoms with Crippen LogP contribution in [0.4, 0.5) is 0 Å². The zero-order valence-electron chi connectivity index (χ0n) is 16.3. The van der Waals surface area contributed by atoms with E-state index in [4.69, 9.17) is 18.9 Å². The molecular formula is C22H25NO6. The lowest BCUT2D eigenvalue weighted by atomic mass is 10.1. The Morgan fingerprint density at radius 2 is 1.66 bits per heavy atom. The van der Waals surface area contributed by atoms with Gasteiger partial charge in [-0.3, -0.25) is 4.79 Å². The van der Waals surface area contributed by atoms with Crippen LogP contribution in [-0.2, 0) is 23.7 Å². The summed E-state index contributed by atoms with van der Waals surface area (Å²) in [7, 11) is 0. The Morgan fingerprint density at radius 1 is 0.897 bits per heavy atom. The van der Waals surface area contributed by atoms with E-state index in [-0.39, 0.29) is 38.0 Å². The summed E-state index contributed by atoms with van der Waals surface area (Å²) in [5, 5.41) is 2.07. The third-order valence-corrected chi connectivity index (χ3v) is 4.43. The number of nitrogens with zero attached hydrogens (tertiary/aromatic N) is 1. The topological polar surface area (TPSA) is 74.3 Å². The smallest absolute Gasteiger partial charge is 0.335 e. The molecule has 3 rings (SSSR count). The van der Waals surface area contributed by atoms with Crippen LogP contribution < -0.4 is 0 Å². The van der Waals surface area contributed by atoms with Crippen LogP contribution in [0, 0.1) is 0 Å². The number of amides is 1. The summed E-state index contributed by atoms with van der Waals surface area (Å²) >= 11 is 0. The van der Waals surface area contributed by atoms with Crippen LogP contribution in [0.5, 0.6) is 0 Å². The van der Waals surface area contributed by atoms with E-state index in [2.05, 4.69) is 6.58 Å². The van der Waals surface area contributed by atoms with Crippen molar-refractivity contribution in [3.63, 3.8) is 0 Å². The van der Waals surface area contributed by atoms with Crippen molar-refractivity contribution in [2.45, 2.75) is 0 Å². The highest BCUT2D eigenvalue weighted by Crippen LogP contribution is 2.17. The second-order valence-corrected chi connectivity index (χ2v) is 6.57. The zero-order valence-corrected chi connectivity index (χ0v) is 16.3. The van der Waals surface area contributed by atoms with Crippen LogP contribution in [-0.4, -0.2) is 69.7 Å². The van der Waals surface area contributed by atoms with Gasteiger partial charge in [0.2, 0.25) is 0 Å². The van der Waals surface area contributed by atoms with Gasteiger partial charge in [-0.15, -0.1) is 0 Å². The predicted octanol–water partition coefficient (Wildman–Crippen LogP) is 2.40. The van der Waals surface area contributed by atoms with Crippen LogP contribution in [0.1, 0.15) is 10.4 Å². The van der Waals surface area contributed by atoms with E-state index >= 15 is 0 Å². The minimum Gasteiger partial charge on any atom is -0.460 e. The second-order valence-electron chi connectivity index (χ2n) is 6.57. The molecule has 0 atom stereocenters. The number of hydrogen-bond donors (Lipinski definition) is 0. The molecule has 2 aromatic carbocycles.